The third-order valence-electron chi connectivity index (χ3n) is 3.59. The van der Waals surface area contributed by atoms with Gasteiger partial charge in [0.25, 0.3) is 0 Å². The van der Waals surface area contributed by atoms with Gasteiger partial charge in [0.1, 0.15) is 11.2 Å². The molecule has 1 N–H and O–H groups in total. The van der Waals surface area contributed by atoms with Crippen LogP contribution in [0.25, 0.3) is 0 Å². The van der Waals surface area contributed by atoms with Crippen LogP contribution in [0.4, 0.5) is 5.69 Å². The van der Waals surface area contributed by atoms with E-state index in [1.807, 2.05) is 36.2 Å². The summed E-state index contributed by atoms with van der Waals surface area (Å²) in [7, 11) is 3.49. The molecule has 1 aliphatic heterocycles. The smallest absolute Gasteiger partial charge is 0.313 e. The molecule has 0 spiro atoms. The first kappa shape index (κ1) is 13.7. The summed E-state index contributed by atoms with van der Waals surface area (Å²) in [6.45, 7) is 1.18. The minimum absolute atomic E-state index is 0.266. The van der Waals surface area contributed by atoms with Crippen molar-refractivity contribution in [2.24, 2.45) is 5.41 Å². The van der Waals surface area contributed by atoms with Crippen LogP contribution in [0.15, 0.2) is 24.3 Å². The molecule has 19 heavy (non-hydrogen) atoms. The van der Waals surface area contributed by atoms with Crippen molar-refractivity contribution in [3.05, 3.63) is 24.3 Å². The van der Waals surface area contributed by atoms with Gasteiger partial charge < -0.3 is 19.5 Å². The fourth-order valence-electron chi connectivity index (χ4n) is 2.45. The number of hydrogen-bond donors (Lipinski definition) is 1. The van der Waals surface area contributed by atoms with E-state index >= 15 is 0 Å². The normalized spacial score (nSPS) is 22.2. The highest BCUT2D eigenvalue weighted by Crippen LogP contribution is 2.34. The lowest BCUT2D eigenvalue weighted by Crippen LogP contribution is -2.42. The molecule has 0 amide bonds. The van der Waals surface area contributed by atoms with Crippen LogP contribution >= 0.6 is 0 Å². The van der Waals surface area contributed by atoms with E-state index in [0.717, 1.165) is 11.4 Å². The second-order valence-corrected chi connectivity index (χ2v) is 4.92. The molecule has 1 saturated heterocycles. The fourth-order valence-corrected chi connectivity index (χ4v) is 2.45. The van der Waals surface area contributed by atoms with E-state index < -0.39 is 11.4 Å². The monoisotopic (exact) mass is 265 g/mol. The summed E-state index contributed by atoms with van der Waals surface area (Å²) >= 11 is 0. The van der Waals surface area contributed by atoms with Crippen molar-refractivity contribution in [3.63, 3.8) is 0 Å². The van der Waals surface area contributed by atoms with Gasteiger partial charge in [-0.15, -0.1) is 0 Å². The molecule has 1 heterocycles. The first-order valence-corrected chi connectivity index (χ1v) is 6.24. The van der Waals surface area contributed by atoms with Crippen LogP contribution in [0.3, 0.4) is 0 Å². The van der Waals surface area contributed by atoms with Gasteiger partial charge in [-0.1, -0.05) is 12.1 Å². The Kier molecular flexibility index (Phi) is 3.95. The number of anilines is 1. The van der Waals surface area contributed by atoms with Gasteiger partial charge in [0.2, 0.25) is 0 Å². The Morgan fingerprint density at radius 1 is 1.53 bits per heavy atom. The summed E-state index contributed by atoms with van der Waals surface area (Å²) in [5.74, 6) is -0.0591. The first-order chi connectivity index (χ1) is 9.09. The number of ether oxygens (including phenoxy) is 2. The Bertz CT molecular complexity index is 455. The highest BCUT2D eigenvalue weighted by Gasteiger charge is 2.43. The maximum absolute atomic E-state index is 11.5. The quantitative estimate of drug-likeness (QED) is 0.876. The molecule has 1 unspecified atom stereocenters. The van der Waals surface area contributed by atoms with Crippen LogP contribution in [0.5, 0.6) is 5.75 Å². The highest BCUT2D eigenvalue weighted by atomic mass is 16.5. The van der Waals surface area contributed by atoms with E-state index in [-0.39, 0.29) is 6.61 Å². The SMILES string of the molecule is COc1ccccc1N(C)CC1(C(=O)O)CCOC1. The van der Waals surface area contributed by atoms with Gasteiger partial charge >= 0.3 is 5.97 Å². The van der Waals surface area contributed by atoms with Crippen molar-refractivity contribution >= 4 is 11.7 Å². The summed E-state index contributed by atoms with van der Waals surface area (Å²) in [5, 5.41) is 9.45. The summed E-state index contributed by atoms with van der Waals surface area (Å²) in [6, 6.07) is 7.59. The van der Waals surface area contributed by atoms with Gasteiger partial charge in [-0.05, 0) is 18.6 Å². The molecule has 1 atom stereocenters. The van der Waals surface area contributed by atoms with Gasteiger partial charge in [-0.25, -0.2) is 0 Å². The van der Waals surface area contributed by atoms with Gasteiger partial charge in [0.15, 0.2) is 0 Å². The van der Waals surface area contributed by atoms with Crippen LogP contribution in [0, 0.1) is 5.41 Å². The number of benzene rings is 1. The average molecular weight is 265 g/mol. The number of carboxylic acid groups (broad SMARTS) is 1. The summed E-state index contributed by atoms with van der Waals surface area (Å²) in [5.41, 5.74) is 0.0628. The third-order valence-corrected chi connectivity index (χ3v) is 3.59. The molecule has 2 rings (SSSR count). The Hall–Kier alpha value is -1.75. The number of carbonyl (C=O) groups is 1. The predicted molar refractivity (Wildman–Crippen MR) is 71.8 cm³/mol. The van der Waals surface area contributed by atoms with Gasteiger partial charge in [-0.3, -0.25) is 4.79 Å². The predicted octanol–water partition coefficient (Wildman–Crippen LogP) is 1.62. The zero-order valence-electron chi connectivity index (χ0n) is 11.3. The van der Waals surface area contributed by atoms with Gasteiger partial charge in [0, 0.05) is 20.2 Å². The largest absolute Gasteiger partial charge is 0.495 e. The van der Waals surface area contributed by atoms with E-state index in [1.165, 1.54) is 0 Å². The van der Waals surface area contributed by atoms with E-state index in [0.29, 0.717) is 19.6 Å². The summed E-state index contributed by atoms with van der Waals surface area (Å²) in [6.07, 6.45) is 0.543. The number of rotatable bonds is 5. The molecule has 0 saturated carbocycles. The summed E-state index contributed by atoms with van der Waals surface area (Å²) < 4.78 is 10.6. The van der Waals surface area contributed by atoms with Crippen LogP contribution < -0.4 is 9.64 Å². The average Bonchev–Trinajstić information content (AvgIpc) is 2.88. The molecule has 0 radical (unpaired) electrons. The molecule has 0 bridgehead atoms. The molecular weight excluding hydrogens is 246 g/mol. The number of para-hydroxylation sites is 2. The van der Waals surface area contributed by atoms with Crippen LogP contribution in [0.1, 0.15) is 6.42 Å². The lowest BCUT2D eigenvalue weighted by Gasteiger charge is -2.30. The van der Waals surface area contributed by atoms with E-state index in [9.17, 15) is 9.90 Å². The van der Waals surface area contributed by atoms with Crippen molar-refractivity contribution in [1.82, 2.24) is 0 Å². The second kappa shape index (κ2) is 5.48. The number of aliphatic carboxylic acids is 1. The van der Waals surface area contributed by atoms with E-state index in [1.54, 1.807) is 7.11 Å². The lowest BCUT2D eigenvalue weighted by molar-refractivity contribution is -0.148. The summed E-state index contributed by atoms with van der Waals surface area (Å²) in [4.78, 5) is 13.4. The van der Waals surface area contributed by atoms with Crippen LogP contribution in [0.2, 0.25) is 0 Å². The standard InChI is InChI=1S/C14H19NO4/c1-15(11-5-3-4-6-12(11)18-2)9-14(13(16)17)7-8-19-10-14/h3-6H,7-10H2,1-2H3,(H,16,17). The van der Waals surface area contributed by atoms with Crippen molar-refractivity contribution in [1.29, 1.82) is 0 Å². The lowest BCUT2D eigenvalue weighted by atomic mass is 9.87. The minimum atomic E-state index is -0.824. The molecule has 1 aromatic rings. The molecule has 104 valence electrons. The highest BCUT2D eigenvalue weighted by molar-refractivity contribution is 5.76. The van der Waals surface area contributed by atoms with Crippen molar-refractivity contribution in [2.75, 3.05) is 38.8 Å². The molecular formula is C14H19NO4. The van der Waals surface area contributed by atoms with E-state index in [4.69, 9.17) is 9.47 Å². The van der Waals surface area contributed by atoms with E-state index in [2.05, 4.69) is 0 Å². The second-order valence-electron chi connectivity index (χ2n) is 4.92. The maximum atomic E-state index is 11.5. The molecule has 1 aromatic carbocycles. The van der Waals surface area contributed by atoms with Crippen molar-refractivity contribution < 1.29 is 19.4 Å². The molecule has 0 aromatic heterocycles. The van der Waals surface area contributed by atoms with Gasteiger partial charge in [-0.2, -0.15) is 0 Å². The van der Waals surface area contributed by atoms with Crippen molar-refractivity contribution in [2.45, 2.75) is 6.42 Å². The zero-order valence-corrected chi connectivity index (χ0v) is 11.3. The Balaban J connectivity index is 2.20. The number of methoxy groups -OCH3 is 1. The number of nitrogens with zero attached hydrogens (tertiary/aromatic N) is 1. The Labute approximate surface area is 112 Å². The van der Waals surface area contributed by atoms with Crippen molar-refractivity contribution in [3.8, 4) is 5.75 Å². The number of hydrogen-bond acceptors (Lipinski definition) is 4. The van der Waals surface area contributed by atoms with Gasteiger partial charge in [0.05, 0.1) is 19.4 Å². The molecule has 1 fully saturated rings. The molecule has 5 heteroatoms. The topological polar surface area (TPSA) is 59.0 Å². The van der Waals surface area contributed by atoms with Crippen LogP contribution in [-0.2, 0) is 9.53 Å². The first-order valence-electron chi connectivity index (χ1n) is 6.24. The fraction of sp³-hybridized carbons (Fsp3) is 0.500. The Morgan fingerprint density at radius 3 is 2.84 bits per heavy atom. The minimum Gasteiger partial charge on any atom is -0.495 e. The van der Waals surface area contributed by atoms with Crippen LogP contribution in [-0.4, -0.2) is 45.0 Å². The third kappa shape index (κ3) is 2.66. The maximum Gasteiger partial charge on any atom is 0.313 e. The molecule has 5 nitrogen and oxygen atoms in total. The molecule has 0 aliphatic carbocycles. The zero-order chi connectivity index (χ0) is 13.9. The number of carboxylic acids is 1. The molecule has 1 aliphatic rings. The Morgan fingerprint density at radius 2 is 2.26 bits per heavy atom.